The van der Waals surface area contributed by atoms with E-state index >= 15 is 0 Å². The van der Waals surface area contributed by atoms with E-state index in [9.17, 15) is 8.78 Å². The maximum atomic E-state index is 13.6. The van der Waals surface area contributed by atoms with E-state index in [2.05, 4.69) is 5.32 Å². The number of rotatable bonds is 5. The molecule has 2 aromatic carbocycles. The highest BCUT2D eigenvalue weighted by molar-refractivity contribution is 5.41. The summed E-state index contributed by atoms with van der Waals surface area (Å²) in [6, 6.07) is 9.57. The third kappa shape index (κ3) is 3.14. The second kappa shape index (κ2) is 6.48. The Hall–Kier alpha value is -1.94. The van der Waals surface area contributed by atoms with Crippen molar-refractivity contribution < 1.29 is 13.5 Å². The minimum Gasteiger partial charge on any atom is -0.488 e. The van der Waals surface area contributed by atoms with Crippen LogP contribution in [0.3, 0.4) is 0 Å². The van der Waals surface area contributed by atoms with E-state index in [4.69, 9.17) is 4.74 Å². The lowest BCUT2D eigenvalue weighted by atomic mass is 10.1. The molecular weight excluding hydrogens is 260 g/mol. The summed E-state index contributed by atoms with van der Waals surface area (Å²) in [4.78, 5) is 0. The van der Waals surface area contributed by atoms with E-state index in [-0.39, 0.29) is 12.2 Å². The molecule has 0 heterocycles. The van der Waals surface area contributed by atoms with E-state index in [0.717, 1.165) is 11.1 Å². The van der Waals surface area contributed by atoms with E-state index in [1.807, 2.05) is 32.2 Å². The molecule has 2 nitrogen and oxygen atoms in total. The van der Waals surface area contributed by atoms with Crippen LogP contribution in [0.2, 0.25) is 0 Å². The van der Waals surface area contributed by atoms with Crippen LogP contribution in [-0.2, 0) is 13.2 Å². The fourth-order valence-corrected chi connectivity index (χ4v) is 2.06. The Morgan fingerprint density at radius 1 is 1.05 bits per heavy atom. The number of hydrogen-bond donors (Lipinski definition) is 1. The van der Waals surface area contributed by atoms with E-state index in [1.165, 1.54) is 18.2 Å². The van der Waals surface area contributed by atoms with Crippen LogP contribution in [0.25, 0.3) is 0 Å². The van der Waals surface area contributed by atoms with Gasteiger partial charge in [0, 0.05) is 12.1 Å². The normalized spacial score (nSPS) is 10.6. The summed E-state index contributed by atoms with van der Waals surface area (Å²) < 4.78 is 32.8. The number of ether oxygens (including phenoxy) is 1. The number of para-hydroxylation sites is 1. The maximum Gasteiger partial charge on any atom is 0.132 e. The van der Waals surface area contributed by atoms with Crippen LogP contribution in [0.15, 0.2) is 36.4 Å². The third-order valence-electron chi connectivity index (χ3n) is 3.08. The topological polar surface area (TPSA) is 21.3 Å². The number of halogens is 2. The largest absolute Gasteiger partial charge is 0.488 e. The van der Waals surface area contributed by atoms with Gasteiger partial charge in [0.25, 0.3) is 0 Å². The molecule has 2 rings (SSSR count). The van der Waals surface area contributed by atoms with Crippen LogP contribution in [-0.4, -0.2) is 7.05 Å². The molecule has 106 valence electrons. The number of nitrogens with one attached hydrogen (secondary N) is 1. The van der Waals surface area contributed by atoms with Crippen LogP contribution in [0.1, 0.15) is 16.7 Å². The Balaban J connectivity index is 2.23. The van der Waals surface area contributed by atoms with Crippen molar-refractivity contribution in [3.63, 3.8) is 0 Å². The Bertz CT molecular complexity index is 579. The van der Waals surface area contributed by atoms with E-state index in [0.29, 0.717) is 12.3 Å². The Kier molecular flexibility index (Phi) is 4.69. The standard InChI is InChI=1S/C16H17F2NO/c1-11-5-3-6-12(9-19-2)16(11)20-10-13-14(17)7-4-8-15(13)18/h3-8,19H,9-10H2,1-2H3. The Morgan fingerprint density at radius 2 is 1.70 bits per heavy atom. The minimum absolute atomic E-state index is 0.0499. The fourth-order valence-electron chi connectivity index (χ4n) is 2.06. The van der Waals surface area contributed by atoms with Gasteiger partial charge in [-0.25, -0.2) is 8.78 Å². The Morgan fingerprint density at radius 3 is 2.35 bits per heavy atom. The molecule has 4 heteroatoms. The molecule has 0 spiro atoms. The molecule has 2 aromatic rings. The van der Waals surface area contributed by atoms with Gasteiger partial charge < -0.3 is 10.1 Å². The van der Waals surface area contributed by atoms with Gasteiger partial charge in [-0.15, -0.1) is 0 Å². The SMILES string of the molecule is CNCc1cccc(C)c1OCc1c(F)cccc1F. The molecule has 0 aromatic heterocycles. The van der Waals surface area contributed by atoms with Crippen molar-refractivity contribution in [2.75, 3.05) is 7.05 Å². The summed E-state index contributed by atoms with van der Waals surface area (Å²) in [6.07, 6.45) is 0. The first-order valence-corrected chi connectivity index (χ1v) is 6.42. The van der Waals surface area contributed by atoms with Crippen molar-refractivity contribution in [2.24, 2.45) is 0 Å². The second-order valence-electron chi connectivity index (χ2n) is 4.58. The van der Waals surface area contributed by atoms with Gasteiger partial charge in [-0.05, 0) is 31.7 Å². The van der Waals surface area contributed by atoms with Crippen LogP contribution >= 0.6 is 0 Å². The lowest BCUT2D eigenvalue weighted by molar-refractivity contribution is 0.287. The van der Waals surface area contributed by atoms with Crippen LogP contribution in [0, 0.1) is 18.6 Å². The molecule has 0 aliphatic carbocycles. The molecule has 20 heavy (non-hydrogen) atoms. The lowest BCUT2D eigenvalue weighted by Crippen LogP contribution is -2.09. The first-order chi connectivity index (χ1) is 9.63. The summed E-state index contributed by atoms with van der Waals surface area (Å²) in [6.45, 7) is 2.42. The van der Waals surface area contributed by atoms with Crippen molar-refractivity contribution >= 4 is 0 Å². The van der Waals surface area contributed by atoms with Crippen molar-refractivity contribution in [1.29, 1.82) is 0 Å². The van der Waals surface area contributed by atoms with Crippen molar-refractivity contribution in [3.8, 4) is 5.75 Å². The average Bonchev–Trinajstić information content (AvgIpc) is 2.41. The highest BCUT2D eigenvalue weighted by Gasteiger charge is 2.12. The molecule has 0 fully saturated rings. The van der Waals surface area contributed by atoms with E-state index in [1.54, 1.807) is 0 Å². The predicted molar refractivity (Wildman–Crippen MR) is 74.6 cm³/mol. The zero-order valence-corrected chi connectivity index (χ0v) is 11.5. The summed E-state index contributed by atoms with van der Waals surface area (Å²) in [5.41, 5.74) is 1.85. The molecule has 0 saturated carbocycles. The molecule has 1 N–H and O–H groups in total. The first kappa shape index (κ1) is 14.5. The predicted octanol–water partition coefficient (Wildman–Crippen LogP) is 3.57. The van der Waals surface area contributed by atoms with E-state index < -0.39 is 11.6 Å². The minimum atomic E-state index is -0.589. The molecule has 0 atom stereocenters. The molecule has 0 saturated heterocycles. The second-order valence-corrected chi connectivity index (χ2v) is 4.58. The molecule has 0 radical (unpaired) electrons. The van der Waals surface area contributed by atoms with Crippen molar-refractivity contribution in [3.05, 3.63) is 64.7 Å². The average molecular weight is 277 g/mol. The van der Waals surface area contributed by atoms with Gasteiger partial charge in [0.2, 0.25) is 0 Å². The Labute approximate surface area is 117 Å². The maximum absolute atomic E-state index is 13.6. The molecule has 0 aliphatic heterocycles. The first-order valence-electron chi connectivity index (χ1n) is 6.42. The quantitative estimate of drug-likeness (QED) is 0.902. The van der Waals surface area contributed by atoms with Crippen molar-refractivity contribution in [2.45, 2.75) is 20.1 Å². The summed E-state index contributed by atoms with van der Waals surface area (Å²) in [7, 11) is 1.84. The highest BCUT2D eigenvalue weighted by atomic mass is 19.1. The zero-order chi connectivity index (χ0) is 14.5. The molecule has 0 aliphatic rings. The van der Waals surface area contributed by atoms with Gasteiger partial charge in [-0.2, -0.15) is 0 Å². The van der Waals surface area contributed by atoms with Crippen molar-refractivity contribution in [1.82, 2.24) is 5.32 Å². The van der Waals surface area contributed by atoms with Gasteiger partial charge in [0.15, 0.2) is 0 Å². The lowest BCUT2D eigenvalue weighted by Gasteiger charge is -2.14. The van der Waals surface area contributed by atoms with Crippen LogP contribution in [0.5, 0.6) is 5.75 Å². The van der Waals surface area contributed by atoms with Gasteiger partial charge in [0.05, 0.1) is 5.56 Å². The number of aryl methyl sites for hydroxylation is 1. The summed E-state index contributed by atoms with van der Waals surface area (Å²) in [5, 5.41) is 3.04. The van der Waals surface area contributed by atoms with Gasteiger partial charge in [0.1, 0.15) is 24.0 Å². The summed E-state index contributed by atoms with van der Waals surface area (Å²) >= 11 is 0. The molecule has 0 bridgehead atoms. The summed E-state index contributed by atoms with van der Waals surface area (Å²) in [5.74, 6) is -0.507. The fraction of sp³-hybridized carbons (Fsp3) is 0.250. The number of hydrogen-bond acceptors (Lipinski definition) is 2. The third-order valence-corrected chi connectivity index (χ3v) is 3.08. The molecule has 0 unspecified atom stereocenters. The van der Waals surface area contributed by atoms with Gasteiger partial charge in [-0.1, -0.05) is 24.3 Å². The monoisotopic (exact) mass is 277 g/mol. The highest BCUT2D eigenvalue weighted by Crippen LogP contribution is 2.25. The van der Waals surface area contributed by atoms with Crippen LogP contribution in [0.4, 0.5) is 8.78 Å². The molecular formula is C16H17F2NO. The van der Waals surface area contributed by atoms with Crippen LogP contribution < -0.4 is 10.1 Å². The zero-order valence-electron chi connectivity index (χ0n) is 11.5. The molecule has 0 amide bonds. The number of benzene rings is 2. The van der Waals surface area contributed by atoms with Gasteiger partial charge in [-0.3, -0.25) is 0 Å². The smallest absolute Gasteiger partial charge is 0.132 e. The van der Waals surface area contributed by atoms with Gasteiger partial charge >= 0.3 is 0 Å².